The number of rotatable bonds is 5. The van der Waals surface area contributed by atoms with E-state index >= 15 is 0 Å². The van der Waals surface area contributed by atoms with Crippen LogP contribution in [0.5, 0.6) is 5.75 Å². The van der Waals surface area contributed by atoms with Crippen molar-refractivity contribution in [3.8, 4) is 17.6 Å². The summed E-state index contributed by atoms with van der Waals surface area (Å²) in [6, 6.07) is 7.92. The van der Waals surface area contributed by atoms with E-state index < -0.39 is 0 Å². The second-order valence-electron chi connectivity index (χ2n) is 4.36. The number of hydrogen-bond acceptors (Lipinski definition) is 2. The average Bonchev–Trinajstić information content (AvgIpc) is 2.95. The van der Waals surface area contributed by atoms with Crippen LogP contribution in [0, 0.1) is 18.8 Å². The quantitative estimate of drug-likeness (QED) is 0.624. The number of alkyl halides is 1. The van der Waals surface area contributed by atoms with Gasteiger partial charge in [-0.25, -0.2) is 0 Å². The molecule has 0 saturated carbocycles. The average molecular weight is 289 g/mol. The Morgan fingerprint density at radius 3 is 3.05 bits per heavy atom. The Morgan fingerprint density at radius 2 is 2.30 bits per heavy atom. The van der Waals surface area contributed by atoms with Gasteiger partial charge in [0.15, 0.2) is 0 Å². The summed E-state index contributed by atoms with van der Waals surface area (Å²) in [6.07, 6.45) is 4.36. The Hall–Kier alpha value is -1.92. The maximum atomic E-state index is 5.80. The number of aromatic nitrogens is 2. The summed E-state index contributed by atoms with van der Waals surface area (Å²) in [5, 5.41) is 4.14. The molecule has 0 aliphatic rings. The van der Waals surface area contributed by atoms with Crippen molar-refractivity contribution < 1.29 is 4.74 Å². The molecular formula is C16H17ClN2O. The fourth-order valence-corrected chi connectivity index (χ4v) is 1.85. The molecule has 2 rings (SSSR count). The van der Waals surface area contributed by atoms with E-state index in [9.17, 15) is 0 Å². The second kappa shape index (κ2) is 7.62. The SMILES string of the molecule is Cc1ccc(OCCn2cccn2)c(C#CCCCl)c1. The van der Waals surface area contributed by atoms with E-state index in [0.29, 0.717) is 18.9 Å². The van der Waals surface area contributed by atoms with Crippen LogP contribution in [0.25, 0.3) is 0 Å². The molecule has 1 heterocycles. The normalized spacial score (nSPS) is 9.90. The van der Waals surface area contributed by atoms with Crippen LogP contribution >= 0.6 is 11.6 Å². The maximum Gasteiger partial charge on any atom is 0.135 e. The summed E-state index contributed by atoms with van der Waals surface area (Å²) in [7, 11) is 0. The summed E-state index contributed by atoms with van der Waals surface area (Å²) < 4.78 is 7.64. The van der Waals surface area contributed by atoms with Crippen LogP contribution in [0.3, 0.4) is 0 Å². The van der Waals surface area contributed by atoms with Gasteiger partial charge in [0.25, 0.3) is 0 Å². The molecule has 0 fully saturated rings. The van der Waals surface area contributed by atoms with Gasteiger partial charge in [0.05, 0.1) is 12.1 Å². The molecule has 0 aliphatic heterocycles. The fourth-order valence-electron chi connectivity index (χ4n) is 1.75. The molecule has 1 aromatic carbocycles. The van der Waals surface area contributed by atoms with Gasteiger partial charge in [-0.15, -0.1) is 11.6 Å². The van der Waals surface area contributed by atoms with Crippen molar-refractivity contribution in [2.75, 3.05) is 12.5 Å². The highest BCUT2D eigenvalue weighted by atomic mass is 35.5. The molecular weight excluding hydrogens is 272 g/mol. The van der Waals surface area contributed by atoms with Crippen molar-refractivity contribution in [2.45, 2.75) is 19.9 Å². The van der Waals surface area contributed by atoms with Gasteiger partial charge in [-0.1, -0.05) is 17.9 Å². The molecule has 3 nitrogen and oxygen atoms in total. The Morgan fingerprint density at radius 1 is 1.40 bits per heavy atom. The highest BCUT2D eigenvalue weighted by molar-refractivity contribution is 6.18. The Bertz CT molecular complexity index is 597. The summed E-state index contributed by atoms with van der Waals surface area (Å²) in [5.74, 6) is 7.52. The van der Waals surface area contributed by atoms with E-state index in [2.05, 4.69) is 16.9 Å². The van der Waals surface area contributed by atoms with Crippen LogP contribution in [0.15, 0.2) is 36.7 Å². The van der Waals surface area contributed by atoms with Crippen molar-refractivity contribution in [2.24, 2.45) is 0 Å². The molecule has 0 spiro atoms. The Labute approximate surface area is 124 Å². The molecule has 2 aromatic rings. The predicted molar refractivity (Wildman–Crippen MR) is 81.1 cm³/mol. The topological polar surface area (TPSA) is 27.1 Å². The van der Waals surface area contributed by atoms with Gasteiger partial charge in [-0.3, -0.25) is 4.68 Å². The van der Waals surface area contributed by atoms with Gasteiger partial charge in [-0.05, 0) is 30.7 Å². The minimum Gasteiger partial charge on any atom is -0.490 e. The van der Waals surface area contributed by atoms with Gasteiger partial charge in [-0.2, -0.15) is 5.10 Å². The first-order valence-electron chi connectivity index (χ1n) is 6.55. The lowest BCUT2D eigenvalue weighted by molar-refractivity contribution is 0.290. The number of hydrogen-bond donors (Lipinski definition) is 0. The lowest BCUT2D eigenvalue weighted by Crippen LogP contribution is -2.09. The van der Waals surface area contributed by atoms with Crippen molar-refractivity contribution in [3.63, 3.8) is 0 Å². The summed E-state index contributed by atoms with van der Waals surface area (Å²) in [4.78, 5) is 0. The van der Waals surface area contributed by atoms with E-state index in [1.165, 1.54) is 5.56 Å². The van der Waals surface area contributed by atoms with Gasteiger partial charge in [0, 0.05) is 24.7 Å². The third-order valence-corrected chi connectivity index (χ3v) is 2.90. The van der Waals surface area contributed by atoms with E-state index in [1.807, 2.05) is 42.1 Å². The van der Waals surface area contributed by atoms with Gasteiger partial charge < -0.3 is 4.74 Å². The standard InChI is InChI=1S/C16H17ClN2O/c1-14-6-7-16(15(13-14)5-2-3-8-17)20-12-11-19-10-4-9-18-19/h4,6-7,9-10,13H,3,8,11-12H2,1H3. The molecule has 1 aromatic heterocycles. The zero-order chi connectivity index (χ0) is 14.2. The number of nitrogens with zero attached hydrogens (tertiary/aromatic N) is 2. The van der Waals surface area contributed by atoms with Gasteiger partial charge >= 0.3 is 0 Å². The molecule has 104 valence electrons. The zero-order valence-corrected chi connectivity index (χ0v) is 12.2. The molecule has 0 N–H and O–H groups in total. The van der Waals surface area contributed by atoms with Crippen molar-refractivity contribution in [1.29, 1.82) is 0 Å². The molecule has 0 bridgehead atoms. The number of aryl methyl sites for hydroxylation is 1. The minimum atomic E-state index is 0.550. The molecule has 0 radical (unpaired) electrons. The van der Waals surface area contributed by atoms with E-state index in [1.54, 1.807) is 6.20 Å². The van der Waals surface area contributed by atoms with Crippen molar-refractivity contribution in [1.82, 2.24) is 9.78 Å². The lowest BCUT2D eigenvalue weighted by Gasteiger charge is -2.09. The highest BCUT2D eigenvalue weighted by Crippen LogP contribution is 2.19. The third-order valence-electron chi connectivity index (χ3n) is 2.71. The van der Waals surface area contributed by atoms with Crippen LogP contribution < -0.4 is 4.74 Å². The lowest BCUT2D eigenvalue weighted by atomic mass is 10.1. The van der Waals surface area contributed by atoms with E-state index in [4.69, 9.17) is 16.3 Å². The fraction of sp³-hybridized carbons (Fsp3) is 0.312. The van der Waals surface area contributed by atoms with E-state index in [-0.39, 0.29) is 0 Å². The summed E-state index contributed by atoms with van der Waals surface area (Å²) in [6.45, 7) is 3.32. The third kappa shape index (κ3) is 4.32. The summed E-state index contributed by atoms with van der Waals surface area (Å²) in [5.41, 5.74) is 2.08. The van der Waals surface area contributed by atoms with Gasteiger partial charge in [0.1, 0.15) is 12.4 Å². The number of halogens is 1. The number of ether oxygens (including phenoxy) is 1. The van der Waals surface area contributed by atoms with Crippen LogP contribution in [-0.2, 0) is 6.54 Å². The van der Waals surface area contributed by atoms with Crippen molar-refractivity contribution >= 4 is 11.6 Å². The van der Waals surface area contributed by atoms with Crippen LogP contribution in [0.2, 0.25) is 0 Å². The first kappa shape index (κ1) is 14.5. The molecule has 0 atom stereocenters. The van der Waals surface area contributed by atoms with Crippen molar-refractivity contribution in [3.05, 3.63) is 47.8 Å². The van der Waals surface area contributed by atoms with Crippen LogP contribution in [0.1, 0.15) is 17.5 Å². The molecule has 4 heteroatoms. The smallest absolute Gasteiger partial charge is 0.135 e. The van der Waals surface area contributed by atoms with Crippen LogP contribution in [-0.4, -0.2) is 22.3 Å². The number of benzene rings is 1. The first-order chi connectivity index (χ1) is 9.79. The molecule has 0 aliphatic carbocycles. The second-order valence-corrected chi connectivity index (χ2v) is 4.74. The maximum absolute atomic E-state index is 5.80. The summed E-state index contributed by atoms with van der Waals surface area (Å²) >= 11 is 5.64. The monoisotopic (exact) mass is 288 g/mol. The van der Waals surface area contributed by atoms with Crippen LogP contribution in [0.4, 0.5) is 0 Å². The minimum absolute atomic E-state index is 0.550. The van der Waals surface area contributed by atoms with Gasteiger partial charge in [0.2, 0.25) is 0 Å². The molecule has 20 heavy (non-hydrogen) atoms. The highest BCUT2D eigenvalue weighted by Gasteiger charge is 2.02. The molecule has 0 unspecified atom stereocenters. The Balaban J connectivity index is 2.01. The largest absolute Gasteiger partial charge is 0.490 e. The van der Waals surface area contributed by atoms with E-state index in [0.717, 1.165) is 17.9 Å². The zero-order valence-electron chi connectivity index (χ0n) is 11.5. The Kier molecular flexibility index (Phi) is 5.52. The molecule has 0 amide bonds. The predicted octanol–water partition coefficient (Wildman–Crippen LogP) is 3.25. The molecule has 0 saturated heterocycles. The first-order valence-corrected chi connectivity index (χ1v) is 7.09.